The van der Waals surface area contributed by atoms with Crippen LogP contribution in [0.5, 0.6) is 0 Å². The maximum Gasteiger partial charge on any atom is 0.228 e. The molecule has 0 unspecified atom stereocenters. The molecular formula is C21H16N2O3. The molecule has 4 rings (SSSR count). The van der Waals surface area contributed by atoms with E-state index in [0.717, 1.165) is 17.0 Å². The van der Waals surface area contributed by atoms with Crippen LogP contribution in [-0.2, 0) is 6.54 Å². The number of hydrogen-bond acceptors (Lipinski definition) is 5. The molecule has 0 radical (unpaired) electrons. The van der Waals surface area contributed by atoms with Crippen molar-refractivity contribution in [2.45, 2.75) is 6.54 Å². The molecule has 3 aromatic rings. The third-order valence-corrected chi connectivity index (χ3v) is 4.01. The Balaban J connectivity index is 1.69. The highest BCUT2D eigenvalue weighted by atomic mass is 16.3. The second-order valence-electron chi connectivity index (χ2n) is 5.69. The predicted molar refractivity (Wildman–Crippen MR) is 97.0 cm³/mol. The Morgan fingerprint density at radius 1 is 1.00 bits per heavy atom. The molecule has 0 aliphatic heterocycles. The Morgan fingerprint density at radius 3 is 2.50 bits per heavy atom. The standard InChI is InChI=1S/C21H16N2O3/c24-21(19-10-5-13-26-19)17-8-3-7-16(17)20(18-9-4-12-25-18)23-14-15-6-1-2-11-22-15/h1-13,23H,14H2/b20-16-. The van der Waals surface area contributed by atoms with Crippen molar-refractivity contribution in [3.05, 3.63) is 108 Å². The van der Waals surface area contributed by atoms with Crippen LogP contribution in [0.4, 0.5) is 0 Å². The van der Waals surface area contributed by atoms with Gasteiger partial charge in [0.25, 0.3) is 0 Å². The Morgan fingerprint density at radius 2 is 1.81 bits per heavy atom. The Hall–Kier alpha value is -3.60. The normalized spacial score (nSPS) is 15.0. The Kier molecular flexibility index (Phi) is 4.35. The zero-order valence-corrected chi connectivity index (χ0v) is 13.9. The number of rotatable bonds is 6. The van der Waals surface area contributed by atoms with Crippen LogP contribution in [0.2, 0.25) is 0 Å². The molecule has 3 aromatic heterocycles. The van der Waals surface area contributed by atoms with Crippen molar-refractivity contribution >= 4 is 11.5 Å². The molecule has 1 aliphatic carbocycles. The van der Waals surface area contributed by atoms with E-state index in [1.165, 1.54) is 6.26 Å². The summed E-state index contributed by atoms with van der Waals surface area (Å²) in [5.41, 5.74) is 2.94. The van der Waals surface area contributed by atoms with Crippen LogP contribution in [0.15, 0.2) is 99.4 Å². The van der Waals surface area contributed by atoms with E-state index in [0.29, 0.717) is 23.6 Å². The first kappa shape index (κ1) is 15.9. The van der Waals surface area contributed by atoms with E-state index >= 15 is 0 Å². The quantitative estimate of drug-likeness (QED) is 0.681. The van der Waals surface area contributed by atoms with Crippen LogP contribution >= 0.6 is 0 Å². The van der Waals surface area contributed by atoms with Gasteiger partial charge in [-0.3, -0.25) is 9.78 Å². The second-order valence-corrected chi connectivity index (χ2v) is 5.69. The van der Waals surface area contributed by atoms with Crippen molar-refractivity contribution in [1.82, 2.24) is 10.3 Å². The molecule has 1 aliphatic rings. The van der Waals surface area contributed by atoms with E-state index in [9.17, 15) is 4.79 Å². The molecule has 1 N–H and O–H groups in total. The summed E-state index contributed by atoms with van der Waals surface area (Å²) in [5, 5.41) is 3.36. The molecule has 5 nitrogen and oxygen atoms in total. The first-order valence-corrected chi connectivity index (χ1v) is 8.22. The van der Waals surface area contributed by atoms with Crippen molar-refractivity contribution in [1.29, 1.82) is 0 Å². The lowest BCUT2D eigenvalue weighted by Gasteiger charge is -2.13. The van der Waals surface area contributed by atoms with Crippen LogP contribution in [-0.4, -0.2) is 10.8 Å². The lowest BCUT2D eigenvalue weighted by molar-refractivity contribution is 0.101. The first-order chi connectivity index (χ1) is 12.8. The maximum absolute atomic E-state index is 12.8. The minimum atomic E-state index is -0.168. The summed E-state index contributed by atoms with van der Waals surface area (Å²) in [6.07, 6.45) is 10.4. The Bertz CT molecular complexity index is 979. The molecule has 3 heterocycles. The first-order valence-electron chi connectivity index (χ1n) is 8.22. The average Bonchev–Trinajstić information content (AvgIpc) is 3.44. The number of furan rings is 2. The maximum atomic E-state index is 12.8. The number of nitrogens with zero attached hydrogens (tertiary/aromatic N) is 1. The number of aromatic nitrogens is 1. The van der Waals surface area contributed by atoms with Gasteiger partial charge in [0, 0.05) is 17.3 Å². The van der Waals surface area contributed by atoms with Crippen molar-refractivity contribution in [3.63, 3.8) is 0 Å². The molecular weight excluding hydrogens is 328 g/mol. The minimum Gasteiger partial charge on any atom is -0.463 e. The van der Waals surface area contributed by atoms with E-state index in [4.69, 9.17) is 8.83 Å². The number of ketones is 1. The number of pyridine rings is 1. The molecule has 0 saturated carbocycles. The second kappa shape index (κ2) is 7.11. The number of allylic oxidation sites excluding steroid dienone is 5. The summed E-state index contributed by atoms with van der Waals surface area (Å²) in [7, 11) is 0. The highest BCUT2D eigenvalue weighted by Crippen LogP contribution is 2.30. The summed E-state index contributed by atoms with van der Waals surface area (Å²) < 4.78 is 10.8. The van der Waals surface area contributed by atoms with Gasteiger partial charge in [-0.1, -0.05) is 24.3 Å². The largest absolute Gasteiger partial charge is 0.463 e. The van der Waals surface area contributed by atoms with Crippen LogP contribution in [0.25, 0.3) is 5.70 Å². The van der Waals surface area contributed by atoms with Gasteiger partial charge < -0.3 is 14.2 Å². The van der Waals surface area contributed by atoms with Gasteiger partial charge in [-0.15, -0.1) is 0 Å². The third kappa shape index (κ3) is 3.15. The fraction of sp³-hybridized carbons (Fsp3) is 0.0476. The topological polar surface area (TPSA) is 68.3 Å². The predicted octanol–water partition coefficient (Wildman–Crippen LogP) is 4.15. The summed E-state index contributed by atoms with van der Waals surface area (Å²) in [6, 6.07) is 12.8. The van der Waals surface area contributed by atoms with Crippen LogP contribution in [0.3, 0.4) is 0 Å². The summed E-state index contributed by atoms with van der Waals surface area (Å²) in [5.74, 6) is 0.792. The van der Waals surface area contributed by atoms with Gasteiger partial charge in [0.05, 0.1) is 30.5 Å². The van der Waals surface area contributed by atoms with Crippen molar-refractivity contribution in [3.8, 4) is 0 Å². The SMILES string of the molecule is O=C(C1=CC=C/C1=C(/NCc1ccccn1)c1ccco1)c1ccco1. The van der Waals surface area contributed by atoms with Crippen molar-refractivity contribution in [2.75, 3.05) is 0 Å². The highest BCUT2D eigenvalue weighted by molar-refractivity contribution is 6.12. The molecule has 0 amide bonds. The van der Waals surface area contributed by atoms with Gasteiger partial charge in [0.15, 0.2) is 5.76 Å². The highest BCUT2D eigenvalue weighted by Gasteiger charge is 2.24. The molecule has 0 aromatic carbocycles. The van der Waals surface area contributed by atoms with Gasteiger partial charge in [-0.05, 0) is 36.4 Å². The molecule has 0 spiro atoms. The molecule has 0 fully saturated rings. The molecule has 26 heavy (non-hydrogen) atoms. The number of Topliss-reactive ketones (excluding diaryl/α,β-unsaturated/α-hetero) is 1. The van der Waals surface area contributed by atoms with Crippen LogP contribution in [0.1, 0.15) is 22.0 Å². The molecule has 128 valence electrons. The zero-order chi connectivity index (χ0) is 17.8. The number of nitrogens with one attached hydrogen (secondary N) is 1. The van der Waals surface area contributed by atoms with Gasteiger partial charge in [0.1, 0.15) is 5.76 Å². The van der Waals surface area contributed by atoms with Crippen LogP contribution < -0.4 is 5.32 Å². The fourth-order valence-corrected chi connectivity index (χ4v) is 2.79. The molecule has 0 saturated heterocycles. The smallest absolute Gasteiger partial charge is 0.228 e. The average molecular weight is 344 g/mol. The van der Waals surface area contributed by atoms with E-state index in [-0.39, 0.29) is 5.78 Å². The summed E-state index contributed by atoms with van der Waals surface area (Å²) >= 11 is 0. The number of hydrogen-bond donors (Lipinski definition) is 1. The van der Waals surface area contributed by atoms with E-state index in [2.05, 4.69) is 10.3 Å². The fourth-order valence-electron chi connectivity index (χ4n) is 2.79. The lowest BCUT2D eigenvalue weighted by Crippen LogP contribution is -2.16. The zero-order valence-electron chi connectivity index (χ0n) is 13.9. The van der Waals surface area contributed by atoms with Gasteiger partial charge in [-0.25, -0.2) is 0 Å². The van der Waals surface area contributed by atoms with Gasteiger partial charge in [-0.2, -0.15) is 0 Å². The van der Waals surface area contributed by atoms with Crippen LogP contribution in [0, 0.1) is 0 Å². The molecule has 5 heteroatoms. The van der Waals surface area contributed by atoms with E-state index in [1.807, 2.05) is 42.5 Å². The lowest BCUT2D eigenvalue weighted by atomic mass is 10.0. The summed E-state index contributed by atoms with van der Waals surface area (Å²) in [6.45, 7) is 0.510. The molecule has 0 bridgehead atoms. The monoisotopic (exact) mass is 344 g/mol. The Labute approximate surface area is 150 Å². The summed E-state index contributed by atoms with van der Waals surface area (Å²) in [4.78, 5) is 17.1. The number of carbonyl (C=O) groups is 1. The van der Waals surface area contributed by atoms with Crippen molar-refractivity contribution in [2.24, 2.45) is 0 Å². The van der Waals surface area contributed by atoms with Crippen molar-refractivity contribution < 1.29 is 13.6 Å². The van der Waals surface area contributed by atoms with E-state index < -0.39 is 0 Å². The molecule has 0 atom stereocenters. The van der Waals surface area contributed by atoms with Gasteiger partial charge in [0.2, 0.25) is 5.78 Å². The number of carbonyl (C=O) groups excluding carboxylic acids is 1. The minimum absolute atomic E-state index is 0.168. The third-order valence-electron chi connectivity index (χ3n) is 4.01. The van der Waals surface area contributed by atoms with E-state index in [1.54, 1.807) is 30.7 Å². The van der Waals surface area contributed by atoms with Gasteiger partial charge >= 0.3 is 0 Å².